The molecule has 0 saturated carbocycles. The smallest absolute Gasteiger partial charge is 0.173 e. The first-order chi connectivity index (χ1) is 15.0. The number of para-hydroxylation sites is 1. The second-order valence-corrected chi connectivity index (χ2v) is 9.51. The van der Waals surface area contributed by atoms with Crippen LogP contribution < -0.4 is 5.43 Å². The summed E-state index contributed by atoms with van der Waals surface area (Å²) in [4.78, 5) is 9.66. The molecule has 0 aliphatic rings. The first-order valence-electron chi connectivity index (χ1n) is 9.45. The van der Waals surface area contributed by atoms with Crippen LogP contribution in [0.1, 0.15) is 16.8 Å². The van der Waals surface area contributed by atoms with Crippen molar-refractivity contribution in [2.24, 2.45) is 10.1 Å². The lowest BCUT2D eigenvalue weighted by atomic mass is 10.2. The largest absolute Gasteiger partial charge is 0.260 e. The van der Waals surface area contributed by atoms with Crippen LogP contribution in [0.5, 0.6) is 0 Å². The second-order valence-electron chi connectivity index (χ2n) is 6.82. The highest BCUT2D eigenvalue weighted by atomic mass is 79.9. The van der Waals surface area contributed by atoms with Crippen LogP contribution in [-0.2, 0) is 0 Å². The average molecular weight is 601 g/mol. The van der Waals surface area contributed by atoms with Crippen molar-refractivity contribution in [2.45, 2.75) is 6.92 Å². The third kappa shape index (κ3) is 5.47. The molecule has 4 aromatic rings. The zero-order valence-corrected chi connectivity index (χ0v) is 21.2. The van der Waals surface area contributed by atoms with Crippen molar-refractivity contribution < 1.29 is 0 Å². The molecule has 4 rings (SSSR count). The molecule has 154 valence electrons. The lowest BCUT2D eigenvalue weighted by Crippen LogP contribution is -2.20. The molecule has 0 aliphatic carbocycles. The highest BCUT2D eigenvalue weighted by Gasteiger charge is 2.10. The van der Waals surface area contributed by atoms with Crippen molar-refractivity contribution in [3.8, 4) is 0 Å². The maximum Gasteiger partial charge on any atom is 0.173 e. The number of rotatable bonds is 4. The Kier molecular flexibility index (Phi) is 6.95. The van der Waals surface area contributed by atoms with Gasteiger partial charge in [0.15, 0.2) is 5.84 Å². The van der Waals surface area contributed by atoms with Crippen molar-refractivity contribution >= 4 is 76.4 Å². The van der Waals surface area contributed by atoms with E-state index in [1.54, 1.807) is 6.21 Å². The zero-order chi connectivity index (χ0) is 21.8. The quantitative estimate of drug-likeness (QED) is 0.150. The Hall–Kier alpha value is -2.35. The van der Waals surface area contributed by atoms with Gasteiger partial charge in [-0.1, -0.05) is 68.3 Å². The highest BCUT2D eigenvalue weighted by molar-refractivity contribution is 9.11. The van der Waals surface area contributed by atoms with E-state index in [0.717, 1.165) is 41.1 Å². The number of aliphatic imine (C=N–C) groups is 1. The summed E-state index contributed by atoms with van der Waals surface area (Å²) in [7, 11) is 0. The van der Waals surface area contributed by atoms with E-state index < -0.39 is 0 Å². The third-order valence-corrected chi connectivity index (χ3v) is 6.13. The highest BCUT2D eigenvalue weighted by Crippen LogP contribution is 2.33. The van der Waals surface area contributed by atoms with Gasteiger partial charge in [-0.05, 0) is 70.4 Å². The fraction of sp³-hybridized carbons (Fsp3) is 0.0417. The number of nitrogens with zero attached hydrogens (tertiary/aromatic N) is 3. The van der Waals surface area contributed by atoms with Crippen LogP contribution in [0.3, 0.4) is 0 Å². The van der Waals surface area contributed by atoms with Crippen LogP contribution in [0.4, 0.5) is 5.69 Å². The second kappa shape index (κ2) is 9.85. The number of amidine groups is 1. The molecule has 1 heterocycles. The maximum absolute atomic E-state index is 4.88. The SMILES string of the molecule is Cc1cc(Br)cc(Br)c1N=C(NN=Cc1ccc(Br)cc1)c1ccc2ccccc2n1. The number of nitrogens with one attached hydrogen (secondary N) is 1. The van der Waals surface area contributed by atoms with Gasteiger partial charge < -0.3 is 0 Å². The molecular formula is C24H17Br3N4. The minimum absolute atomic E-state index is 0.560. The number of aryl methyl sites for hydroxylation is 1. The van der Waals surface area contributed by atoms with Gasteiger partial charge in [0.1, 0.15) is 5.69 Å². The van der Waals surface area contributed by atoms with Gasteiger partial charge in [-0.2, -0.15) is 5.10 Å². The Morgan fingerprint density at radius 1 is 0.903 bits per heavy atom. The van der Waals surface area contributed by atoms with Crippen molar-refractivity contribution in [3.05, 3.63) is 103 Å². The summed E-state index contributed by atoms with van der Waals surface area (Å²) < 4.78 is 2.90. The van der Waals surface area contributed by atoms with Crippen molar-refractivity contribution in [1.29, 1.82) is 0 Å². The predicted octanol–water partition coefficient (Wildman–Crippen LogP) is 7.53. The van der Waals surface area contributed by atoms with E-state index in [1.807, 2.05) is 79.7 Å². The van der Waals surface area contributed by atoms with Gasteiger partial charge in [0, 0.05) is 18.8 Å². The predicted molar refractivity (Wildman–Crippen MR) is 139 cm³/mol. The van der Waals surface area contributed by atoms with E-state index in [2.05, 4.69) is 58.3 Å². The molecular weight excluding hydrogens is 584 g/mol. The van der Waals surface area contributed by atoms with E-state index >= 15 is 0 Å². The standard InChI is InChI=1S/C24H17Br3N4/c1-15-12-19(26)13-20(27)23(15)30-24(31-28-14-16-6-9-18(25)10-7-16)22-11-8-17-4-2-3-5-21(17)29-22/h2-14H,1H3,(H,30,31). The van der Waals surface area contributed by atoms with Gasteiger partial charge in [0.2, 0.25) is 0 Å². The topological polar surface area (TPSA) is 49.6 Å². The van der Waals surface area contributed by atoms with E-state index in [0.29, 0.717) is 11.5 Å². The molecule has 4 nitrogen and oxygen atoms in total. The number of benzene rings is 3. The molecule has 0 unspecified atom stereocenters. The molecule has 0 atom stereocenters. The van der Waals surface area contributed by atoms with E-state index in [1.165, 1.54) is 0 Å². The van der Waals surface area contributed by atoms with Crippen LogP contribution in [0.2, 0.25) is 0 Å². The van der Waals surface area contributed by atoms with Crippen LogP contribution in [0, 0.1) is 6.92 Å². The first kappa shape index (κ1) is 21.9. The first-order valence-corrected chi connectivity index (χ1v) is 11.8. The van der Waals surface area contributed by atoms with E-state index in [-0.39, 0.29) is 0 Å². The zero-order valence-electron chi connectivity index (χ0n) is 16.5. The molecule has 0 bridgehead atoms. The summed E-state index contributed by atoms with van der Waals surface area (Å²) in [5.74, 6) is 0.560. The van der Waals surface area contributed by atoms with Gasteiger partial charge in [0.05, 0.1) is 17.4 Å². The Balaban J connectivity index is 1.75. The summed E-state index contributed by atoms with van der Waals surface area (Å²) in [6.07, 6.45) is 1.76. The Bertz CT molecular complexity index is 1270. The van der Waals surface area contributed by atoms with Crippen molar-refractivity contribution in [2.75, 3.05) is 0 Å². The molecule has 0 amide bonds. The number of hydrogen-bond acceptors (Lipinski definition) is 3. The monoisotopic (exact) mass is 598 g/mol. The van der Waals surface area contributed by atoms with Crippen molar-refractivity contribution in [3.63, 3.8) is 0 Å². The lowest BCUT2D eigenvalue weighted by Gasteiger charge is -2.10. The average Bonchev–Trinajstić information content (AvgIpc) is 2.76. The van der Waals surface area contributed by atoms with Crippen LogP contribution in [-0.4, -0.2) is 17.0 Å². The Labute approximate surface area is 205 Å². The van der Waals surface area contributed by atoms with Crippen LogP contribution in [0.25, 0.3) is 10.9 Å². The number of pyridine rings is 1. The molecule has 0 fully saturated rings. The molecule has 7 heteroatoms. The minimum Gasteiger partial charge on any atom is -0.260 e. The van der Waals surface area contributed by atoms with E-state index in [4.69, 9.17) is 9.98 Å². The Morgan fingerprint density at radius 3 is 2.45 bits per heavy atom. The van der Waals surface area contributed by atoms with Gasteiger partial charge in [-0.15, -0.1) is 0 Å². The van der Waals surface area contributed by atoms with Gasteiger partial charge in [-0.25, -0.2) is 9.98 Å². The fourth-order valence-corrected chi connectivity index (χ4v) is 4.79. The lowest BCUT2D eigenvalue weighted by molar-refractivity contribution is 1.02. The normalized spacial score (nSPS) is 11.9. The molecule has 0 radical (unpaired) electrons. The summed E-state index contributed by atoms with van der Waals surface area (Å²) in [5, 5.41) is 5.49. The minimum atomic E-state index is 0.560. The number of halogens is 3. The summed E-state index contributed by atoms with van der Waals surface area (Å²) in [5.41, 5.74) is 7.52. The number of aromatic nitrogens is 1. The number of fused-ring (bicyclic) bond motifs is 1. The van der Waals surface area contributed by atoms with Crippen molar-refractivity contribution in [1.82, 2.24) is 10.4 Å². The fourth-order valence-electron chi connectivity index (χ4n) is 3.00. The molecule has 1 aromatic heterocycles. The Morgan fingerprint density at radius 2 is 1.68 bits per heavy atom. The number of hydrazone groups is 1. The number of hydrogen-bond donors (Lipinski definition) is 1. The molecule has 1 N–H and O–H groups in total. The van der Waals surface area contributed by atoms with E-state index in [9.17, 15) is 0 Å². The molecule has 31 heavy (non-hydrogen) atoms. The van der Waals surface area contributed by atoms with Gasteiger partial charge in [-0.3, -0.25) is 5.43 Å². The molecule has 0 saturated heterocycles. The van der Waals surface area contributed by atoms with Gasteiger partial charge >= 0.3 is 0 Å². The summed E-state index contributed by atoms with van der Waals surface area (Å²) >= 11 is 10.6. The van der Waals surface area contributed by atoms with Crippen LogP contribution >= 0.6 is 47.8 Å². The third-order valence-electron chi connectivity index (χ3n) is 4.54. The molecule has 0 aliphatic heterocycles. The molecule has 3 aromatic carbocycles. The van der Waals surface area contributed by atoms with Gasteiger partial charge in [0.25, 0.3) is 0 Å². The summed E-state index contributed by atoms with van der Waals surface area (Å²) in [6, 6.07) is 23.9. The molecule has 0 spiro atoms. The summed E-state index contributed by atoms with van der Waals surface area (Å²) in [6.45, 7) is 2.02. The maximum atomic E-state index is 4.88. The van der Waals surface area contributed by atoms with Crippen LogP contribution in [0.15, 0.2) is 96.3 Å².